The number of benzene rings is 2. The Morgan fingerprint density at radius 3 is 2.06 bits per heavy atom. The van der Waals surface area contributed by atoms with E-state index in [-0.39, 0.29) is 10.6 Å². The van der Waals surface area contributed by atoms with Crippen molar-refractivity contribution in [3.8, 4) is 0 Å². The van der Waals surface area contributed by atoms with Gasteiger partial charge in [0.25, 0.3) is 0 Å². The van der Waals surface area contributed by atoms with Gasteiger partial charge in [-0.1, -0.05) is 12.1 Å². The van der Waals surface area contributed by atoms with Crippen LogP contribution in [0.1, 0.15) is 0 Å². The van der Waals surface area contributed by atoms with Crippen LogP contribution in [-0.4, -0.2) is 8.42 Å². The summed E-state index contributed by atoms with van der Waals surface area (Å²) in [6.07, 6.45) is 0. The lowest BCUT2D eigenvalue weighted by Gasteiger charge is -2.21. The normalized spacial score (nSPS) is 11.2. The quantitative estimate of drug-likeness (QED) is 0.867. The molecule has 6 heteroatoms. The van der Waals surface area contributed by atoms with Crippen LogP contribution in [0, 0.1) is 5.82 Å². The number of sulfonamides is 1. The van der Waals surface area contributed by atoms with E-state index in [0.717, 1.165) is 12.1 Å². The fraction of sp³-hybridized carbons (Fsp3) is 0. The lowest BCUT2D eigenvalue weighted by Crippen LogP contribution is -1.98. The van der Waals surface area contributed by atoms with Gasteiger partial charge in [-0.15, -0.1) is 5.69 Å². The topological polar surface area (TPSA) is 74.3 Å². The highest BCUT2D eigenvalue weighted by Gasteiger charge is 2.04. The molecule has 0 bridgehead atoms. The third-order valence-electron chi connectivity index (χ3n) is 2.23. The number of nitrogens with two attached hydrogens (primary N) is 1. The highest BCUT2D eigenvalue weighted by atomic mass is 32.2. The summed E-state index contributed by atoms with van der Waals surface area (Å²) in [7, 11) is -3.80. The van der Waals surface area contributed by atoms with E-state index in [1.807, 2.05) is 0 Å². The van der Waals surface area contributed by atoms with Crippen LogP contribution in [0.5, 0.6) is 0 Å². The van der Waals surface area contributed by atoms with Gasteiger partial charge in [-0.3, -0.25) is 0 Å². The van der Waals surface area contributed by atoms with Crippen LogP contribution < -0.4 is 5.73 Å². The molecular weight excluding hydrogens is 255 g/mol. The van der Waals surface area contributed by atoms with E-state index < -0.39 is 15.8 Å². The average Bonchev–Trinajstić information content (AvgIpc) is 2.32. The van der Waals surface area contributed by atoms with Gasteiger partial charge in [-0.2, -0.15) is 0 Å². The molecule has 0 heterocycles. The van der Waals surface area contributed by atoms with Crippen molar-refractivity contribution >= 4 is 21.4 Å². The molecule has 0 fully saturated rings. The molecule has 18 heavy (non-hydrogen) atoms. The second kappa shape index (κ2) is 4.66. The summed E-state index contributed by atoms with van der Waals surface area (Å²) in [5, 5.41) is 0. The first-order valence-electron chi connectivity index (χ1n) is 5.06. The molecule has 94 valence electrons. The zero-order valence-electron chi connectivity index (χ0n) is 9.25. The summed E-state index contributed by atoms with van der Waals surface area (Å²) in [6.45, 7) is 0. The molecule has 0 unspecified atom stereocenters. The smallest absolute Gasteiger partial charge is 0.123 e. The Bertz CT molecular complexity index is 637. The number of anilines is 1. The molecule has 0 spiro atoms. The van der Waals surface area contributed by atoms with Crippen LogP contribution in [0.25, 0.3) is 4.72 Å². The van der Waals surface area contributed by atoms with Crippen molar-refractivity contribution in [2.75, 3.05) is 5.73 Å². The summed E-state index contributed by atoms with van der Waals surface area (Å²) in [4.78, 5) is 0.0426. The molecule has 0 saturated heterocycles. The van der Waals surface area contributed by atoms with Crippen molar-refractivity contribution in [3.63, 3.8) is 0 Å². The number of hydrogen-bond donors (Lipinski definition) is 1. The van der Waals surface area contributed by atoms with Crippen molar-refractivity contribution in [1.82, 2.24) is 0 Å². The summed E-state index contributed by atoms with van der Waals surface area (Å²) in [5.41, 5.74) is 6.11. The van der Waals surface area contributed by atoms with Crippen molar-refractivity contribution in [2.45, 2.75) is 4.90 Å². The molecule has 0 amide bonds. The zero-order valence-corrected chi connectivity index (χ0v) is 10.1. The van der Waals surface area contributed by atoms with Gasteiger partial charge in [0, 0.05) is 5.69 Å². The van der Waals surface area contributed by atoms with E-state index in [1.165, 1.54) is 36.4 Å². The van der Waals surface area contributed by atoms with Crippen LogP contribution in [0.15, 0.2) is 53.4 Å². The van der Waals surface area contributed by atoms with Gasteiger partial charge in [0.15, 0.2) is 0 Å². The molecule has 2 aromatic rings. The molecule has 2 rings (SSSR count). The minimum absolute atomic E-state index is 0.0426. The number of halogens is 1. The second-order valence-electron chi connectivity index (χ2n) is 3.61. The molecular formula is C12H10FN2O2S-. The molecule has 0 aliphatic carbocycles. The number of nitrogen functional groups attached to an aromatic ring is 1. The number of nitrogens with zero attached hydrogens (tertiary/aromatic N) is 1. The Morgan fingerprint density at radius 2 is 1.50 bits per heavy atom. The zero-order chi connectivity index (χ0) is 13.2. The number of hydrogen-bond acceptors (Lipinski definition) is 3. The SMILES string of the molecule is Nc1ccc(S(=O)(=O)[N-]c2ccc(F)cc2)cc1. The van der Waals surface area contributed by atoms with Gasteiger partial charge in [-0.05, 0) is 36.4 Å². The lowest BCUT2D eigenvalue weighted by atomic mass is 10.3. The van der Waals surface area contributed by atoms with E-state index in [4.69, 9.17) is 5.73 Å². The minimum atomic E-state index is -3.80. The predicted octanol–water partition coefficient (Wildman–Crippen LogP) is 2.80. The minimum Gasteiger partial charge on any atom is -0.573 e. The van der Waals surface area contributed by atoms with E-state index in [1.54, 1.807) is 0 Å². The third-order valence-corrected chi connectivity index (χ3v) is 3.55. The largest absolute Gasteiger partial charge is 0.573 e. The van der Waals surface area contributed by atoms with Gasteiger partial charge < -0.3 is 10.5 Å². The predicted molar refractivity (Wildman–Crippen MR) is 67.5 cm³/mol. The van der Waals surface area contributed by atoms with Crippen LogP contribution in [0.2, 0.25) is 0 Å². The third kappa shape index (κ3) is 2.78. The fourth-order valence-electron chi connectivity index (χ4n) is 1.33. The Hall–Kier alpha value is -2.08. The molecule has 0 atom stereocenters. The first-order valence-corrected chi connectivity index (χ1v) is 6.50. The lowest BCUT2D eigenvalue weighted by molar-refractivity contribution is 0.603. The van der Waals surface area contributed by atoms with Gasteiger partial charge in [0.05, 0.1) is 4.90 Å². The van der Waals surface area contributed by atoms with E-state index in [2.05, 4.69) is 4.72 Å². The first kappa shape index (κ1) is 12.4. The van der Waals surface area contributed by atoms with Gasteiger partial charge >= 0.3 is 0 Å². The fourth-order valence-corrected chi connectivity index (χ4v) is 2.32. The van der Waals surface area contributed by atoms with Gasteiger partial charge in [-0.25, -0.2) is 12.8 Å². The standard InChI is InChI=1S/C12H10FN2O2S/c13-9-1-5-11(6-2-9)15-18(16,17)12-7-3-10(14)4-8-12/h1-8H,14H2/q-1. The molecule has 0 saturated carbocycles. The Labute approximate surface area is 104 Å². The maximum atomic E-state index is 12.7. The molecule has 2 aromatic carbocycles. The van der Waals surface area contributed by atoms with Crippen molar-refractivity contribution < 1.29 is 12.8 Å². The molecule has 0 radical (unpaired) electrons. The summed E-state index contributed by atoms with van der Waals surface area (Å²) in [6, 6.07) is 10.6. The van der Waals surface area contributed by atoms with Gasteiger partial charge in [0.1, 0.15) is 15.8 Å². The molecule has 4 nitrogen and oxygen atoms in total. The molecule has 0 aliphatic rings. The number of rotatable bonds is 3. The van der Waals surface area contributed by atoms with Crippen LogP contribution in [-0.2, 0) is 10.0 Å². The summed E-state index contributed by atoms with van der Waals surface area (Å²) in [5.74, 6) is -0.446. The van der Waals surface area contributed by atoms with Crippen molar-refractivity contribution in [1.29, 1.82) is 0 Å². The van der Waals surface area contributed by atoms with E-state index >= 15 is 0 Å². The Balaban J connectivity index is 2.27. The first-order chi connectivity index (χ1) is 8.47. The highest BCUT2D eigenvalue weighted by Crippen LogP contribution is 2.27. The molecule has 0 aliphatic heterocycles. The monoisotopic (exact) mass is 265 g/mol. The van der Waals surface area contributed by atoms with Crippen molar-refractivity contribution in [2.24, 2.45) is 0 Å². The van der Waals surface area contributed by atoms with Crippen molar-refractivity contribution in [3.05, 3.63) is 59.1 Å². The van der Waals surface area contributed by atoms with E-state index in [9.17, 15) is 12.8 Å². The average molecular weight is 265 g/mol. The second-order valence-corrected chi connectivity index (χ2v) is 5.22. The maximum Gasteiger partial charge on any atom is 0.123 e. The summed E-state index contributed by atoms with van der Waals surface area (Å²) >= 11 is 0. The Kier molecular flexibility index (Phi) is 3.20. The highest BCUT2D eigenvalue weighted by molar-refractivity contribution is 7.94. The molecule has 0 aromatic heterocycles. The summed E-state index contributed by atoms with van der Waals surface area (Å²) < 4.78 is 40.1. The van der Waals surface area contributed by atoms with Gasteiger partial charge in [0.2, 0.25) is 0 Å². The maximum absolute atomic E-state index is 12.7. The Morgan fingerprint density at radius 1 is 0.944 bits per heavy atom. The molecule has 2 N–H and O–H groups in total. The van der Waals surface area contributed by atoms with Crippen LogP contribution in [0.4, 0.5) is 15.8 Å². The van der Waals surface area contributed by atoms with E-state index in [0.29, 0.717) is 5.69 Å². The van der Waals surface area contributed by atoms with Crippen LogP contribution in [0.3, 0.4) is 0 Å². The van der Waals surface area contributed by atoms with Crippen LogP contribution >= 0.6 is 0 Å².